The third-order valence-corrected chi connectivity index (χ3v) is 5.48. The van der Waals surface area contributed by atoms with Gasteiger partial charge in [-0.3, -0.25) is 4.79 Å². The van der Waals surface area contributed by atoms with Gasteiger partial charge in [0.15, 0.2) is 0 Å². The minimum absolute atomic E-state index is 0.344. The lowest BCUT2D eigenvalue weighted by Gasteiger charge is -2.37. The third-order valence-electron chi connectivity index (χ3n) is 5.48. The summed E-state index contributed by atoms with van der Waals surface area (Å²) in [6, 6.07) is 0. The van der Waals surface area contributed by atoms with E-state index >= 15 is 0 Å². The largest absolute Gasteiger partial charge is 0.343 e. The summed E-state index contributed by atoms with van der Waals surface area (Å²) in [4.78, 5) is 14.0. The second-order valence-electron chi connectivity index (χ2n) is 8.13. The Morgan fingerprint density at radius 1 is 1.10 bits per heavy atom. The Kier molecular flexibility index (Phi) is 6.09. The second kappa shape index (κ2) is 7.62. The molecule has 2 aliphatic rings. The van der Waals surface area contributed by atoms with Crippen molar-refractivity contribution in [2.75, 3.05) is 26.2 Å². The van der Waals surface area contributed by atoms with Gasteiger partial charge in [-0.15, -0.1) is 0 Å². The van der Waals surface area contributed by atoms with Crippen molar-refractivity contribution in [1.29, 1.82) is 0 Å². The van der Waals surface area contributed by atoms with Gasteiger partial charge >= 0.3 is 0 Å². The SMILES string of the molecule is CC(C)(C)C1CCC(CNCCC(=O)N2CCCC2)CC1. The van der Waals surface area contributed by atoms with E-state index in [4.69, 9.17) is 0 Å². The lowest BCUT2D eigenvalue weighted by molar-refractivity contribution is -0.130. The maximum absolute atomic E-state index is 11.9. The summed E-state index contributed by atoms with van der Waals surface area (Å²) < 4.78 is 0. The Hall–Kier alpha value is -0.570. The smallest absolute Gasteiger partial charge is 0.223 e. The first-order valence-electron chi connectivity index (χ1n) is 8.95. The summed E-state index contributed by atoms with van der Waals surface area (Å²) in [5.74, 6) is 2.06. The average Bonchev–Trinajstić information content (AvgIpc) is 2.97. The third kappa shape index (κ3) is 5.28. The van der Waals surface area contributed by atoms with Crippen molar-refractivity contribution in [3.63, 3.8) is 0 Å². The van der Waals surface area contributed by atoms with E-state index in [-0.39, 0.29) is 0 Å². The van der Waals surface area contributed by atoms with Gasteiger partial charge in [-0.1, -0.05) is 20.8 Å². The van der Waals surface area contributed by atoms with Crippen LogP contribution in [0.5, 0.6) is 0 Å². The summed E-state index contributed by atoms with van der Waals surface area (Å²) in [6.07, 6.45) is 8.53. The molecule has 0 aromatic heterocycles. The molecule has 0 spiro atoms. The van der Waals surface area contributed by atoms with E-state index in [1.807, 2.05) is 4.90 Å². The van der Waals surface area contributed by atoms with Crippen molar-refractivity contribution in [2.24, 2.45) is 17.3 Å². The molecule has 1 aliphatic carbocycles. The molecule has 0 unspecified atom stereocenters. The molecule has 122 valence electrons. The Balaban J connectivity index is 1.55. The van der Waals surface area contributed by atoms with Crippen LogP contribution in [0.4, 0.5) is 0 Å². The fraction of sp³-hybridized carbons (Fsp3) is 0.944. The molecule has 1 amide bonds. The molecule has 1 N–H and O–H groups in total. The quantitative estimate of drug-likeness (QED) is 0.788. The number of carbonyl (C=O) groups is 1. The van der Waals surface area contributed by atoms with Crippen LogP contribution in [0.3, 0.4) is 0 Å². The van der Waals surface area contributed by atoms with E-state index in [2.05, 4.69) is 26.1 Å². The highest BCUT2D eigenvalue weighted by molar-refractivity contribution is 5.76. The maximum Gasteiger partial charge on any atom is 0.223 e. The van der Waals surface area contributed by atoms with Crippen LogP contribution in [0.2, 0.25) is 0 Å². The number of amides is 1. The van der Waals surface area contributed by atoms with E-state index in [0.717, 1.165) is 38.0 Å². The summed E-state index contributed by atoms with van der Waals surface area (Å²) in [5, 5.41) is 3.52. The van der Waals surface area contributed by atoms with Gasteiger partial charge < -0.3 is 10.2 Å². The molecule has 1 saturated heterocycles. The number of nitrogens with zero attached hydrogens (tertiary/aromatic N) is 1. The van der Waals surface area contributed by atoms with Gasteiger partial charge in [0.25, 0.3) is 0 Å². The fourth-order valence-corrected chi connectivity index (χ4v) is 3.86. The van der Waals surface area contributed by atoms with Gasteiger partial charge in [0, 0.05) is 26.1 Å². The molecule has 1 saturated carbocycles. The Morgan fingerprint density at radius 2 is 1.71 bits per heavy atom. The van der Waals surface area contributed by atoms with Gasteiger partial charge in [-0.25, -0.2) is 0 Å². The van der Waals surface area contributed by atoms with E-state index in [0.29, 0.717) is 17.7 Å². The summed E-state index contributed by atoms with van der Waals surface area (Å²) in [7, 11) is 0. The molecular formula is C18H34N2O. The molecule has 3 nitrogen and oxygen atoms in total. The van der Waals surface area contributed by atoms with Gasteiger partial charge in [-0.05, 0) is 62.3 Å². The average molecular weight is 294 g/mol. The normalized spacial score (nSPS) is 27.1. The molecule has 3 heteroatoms. The highest BCUT2D eigenvalue weighted by Crippen LogP contribution is 2.39. The number of nitrogens with one attached hydrogen (secondary N) is 1. The maximum atomic E-state index is 11.9. The van der Waals surface area contributed by atoms with Gasteiger partial charge in [0.2, 0.25) is 5.91 Å². The molecule has 1 heterocycles. The number of hydrogen-bond donors (Lipinski definition) is 1. The number of hydrogen-bond acceptors (Lipinski definition) is 2. The molecule has 0 radical (unpaired) electrons. The number of carbonyl (C=O) groups excluding carboxylic acids is 1. The van der Waals surface area contributed by atoms with Crippen LogP contribution in [0.1, 0.15) is 65.7 Å². The molecule has 1 aliphatic heterocycles. The predicted molar refractivity (Wildman–Crippen MR) is 88.2 cm³/mol. The second-order valence-corrected chi connectivity index (χ2v) is 8.13. The first-order chi connectivity index (χ1) is 9.97. The van der Waals surface area contributed by atoms with Crippen molar-refractivity contribution < 1.29 is 4.79 Å². The monoisotopic (exact) mass is 294 g/mol. The minimum Gasteiger partial charge on any atom is -0.343 e. The zero-order valence-corrected chi connectivity index (χ0v) is 14.3. The van der Waals surface area contributed by atoms with Crippen molar-refractivity contribution in [2.45, 2.75) is 65.7 Å². The zero-order valence-electron chi connectivity index (χ0n) is 14.3. The Morgan fingerprint density at radius 3 is 2.29 bits per heavy atom. The molecule has 0 aromatic rings. The van der Waals surface area contributed by atoms with Crippen LogP contribution in [0.15, 0.2) is 0 Å². The van der Waals surface area contributed by atoms with Crippen LogP contribution < -0.4 is 5.32 Å². The van der Waals surface area contributed by atoms with E-state index in [9.17, 15) is 4.79 Å². The molecular weight excluding hydrogens is 260 g/mol. The van der Waals surface area contributed by atoms with Crippen molar-refractivity contribution in [3.05, 3.63) is 0 Å². The summed E-state index contributed by atoms with van der Waals surface area (Å²) >= 11 is 0. The molecule has 0 aromatic carbocycles. The van der Waals surface area contributed by atoms with Crippen LogP contribution in [0.25, 0.3) is 0 Å². The molecule has 0 atom stereocenters. The van der Waals surface area contributed by atoms with Crippen molar-refractivity contribution >= 4 is 5.91 Å². The number of likely N-dealkylation sites (tertiary alicyclic amines) is 1. The first kappa shape index (κ1) is 16.8. The molecule has 0 bridgehead atoms. The standard InChI is InChI=1S/C18H34N2O/c1-18(2,3)16-8-6-15(7-9-16)14-19-11-10-17(21)20-12-4-5-13-20/h15-16,19H,4-14H2,1-3H3. The van der Waals surface area contributed by atoms with Gasteiger partial charge in [0.05, 0.1) is 0 Å². The van der Waals surface area contributed by atoms with Crippen LogP contribution >= 0.6 is 0 Å². The summed E-state index contributed by atoms with van der Waals surface area (Å²) in [5.41, 5.74) is 0.473. The Labute approximate surface area is 130 Å². The highest BCUT2D eigenvalue weighted by Gasteiger charge is 2.29. The minimum atomic E-state index is 0.344. The van der Waals surface area contributed by atoms with Gasteiger partial charge in [0.1, 0.15) is 0 Å². The Bertz CT molecular complexity index is 321. The number of rotatable bonds is 5. The molecule has 21 heavy (non-hydrogen) atoms. The topological polar surface area (TPSA) is 32.3 Å². The zero-order chi connectivity index (χ0) is 15.3. The van der Waals surface area contributed by atoms with Crippen LogP contribution in [0, 0.1) is 17.3 Å². The van der Waals surface area contributed by atoms with E-state index in [1.165, 1.54) is 38.5 Å². The van der Waals surface area contributed by atoms with E-state index < -0.39 is 0 Å². The lowest BCUT2D eigenvalue weighted by atomic mass is 9.70. The molecule has 2 rings (SSSR count). The molecule has 2 fully saturated rings. The lowest BCUT2D eigenvalue weighted by Crippen LogP contribution is -2.33. The van der Waals surface area contributed by atoms with Gasteiger partial charge in [-0.2, -0.15) is 0 Å². The fourth-order valence-electron chi connectivity index (χ4n) is 3.86. The highest BCUT2D eigenvalue weighted by atomic mass is 16.2. The predicted octanol–water partition coefficient (Wildman–Crippen LogP) is 3.44. The van der Waals surface area contributed by atoms with Crippen LogP contribution in [-0.4, -0.2) is 37.0 Å². The first-order valence-corrected chi connectivity index (χ1v) is 8.95. The summed E-state index contributed by atoms with van der Waals surface area (Å²) in [6.45, 7) is 11.0. The van der Waals surface area contributed by atoms with Crippen molar-refractivity contribution in [3.8, 4) is 0 Å². The van der Waals surface area contributed by atoms with Crippen LogP contribution in [-0.2, 0) is 4.79 Å². The van der Waals surface area contributed by atoms with Crippen molar-refractivity contribution in [1.82, 2.24) is 10.2 Å². The van der Waals surface area contributed by atoms with E-state index in [1.54, 1.807) is 0 Å².